The van der Waals surface area contributed by atoms with Gasteiger partial charge in [-0.05, 0) is 24.6 Å². The second kappa shape index (κ2) is 15.2. The number of hydrogen-bond donors (Lipinski definition) is 2. The van der Waals surface area contributed by atoms with Crippen molar-refractivity contribution in [1.29, 1.82) is 0 Å². The zero-order chi connectivity index (χ0) is 21.4. The van der Waals surface area contributed by atoms with Gasteiger partial charge in [0.1, 0.15) is 5.83 Å². The zero-order valence-electron chi connectivity index (χ0n) is 16.0. The highest BCUT2D eigenvalue weighted by molar-refractivity contribution is 6.31. The lowest BCUT2D eigenvalue weighted by atomic mass is 10.2. The zero-order valence-corrected chi connectivity index (χ0v) is 16.7. The molecule has 0 fully saturated rings. The number of hydrogen-bond acceptors (Lipinski definition) is 3. The molecule has 0 atom stereocenters. The van der Waals surface area contributed by atoms with Crippen LogP contribution in [-0.2, 0) is 14.3 Å². The Hall–Kier alpha value is -2.86. The average Bonchev–Trinajstić information content (AvgIpc) is 2.64. The van der Waals surface area contributed by atoms with Crippen molar-refractivity contribution >= 4 is 23.4 Å². The summed E-state index contributed by atoms with van der Waals surface area (Å²) in [7, 11) is 0. The van der Waals surface area contributed by atoms with Crippen molar-refractivity contribution < 1.29 is 18.7 Å². The van der Waals surface area contributed by atoms with E-state index in [1.165, 1.54) is 24.5 Å². The fourth-order valence-corrected chi connectivity index (χ4v) is 1.74. The molecule has 0 aromatic heterocycles. The Morgan fingerprint density at radius 1 is 1.21 bits per heavy atom. The number of rotatable bonds is 13. The molecule has 0 aliphatic carbocycles. The first kappa shape index (κ1) is 25.1. The monoisotopic (exact) mass is 408 g/mol. The molecule has 2 amide bonds. The number of amides is 2. The smallest absolute Gasteiger partial charge is 0.261 e. The van der Waals surface area contributed by atoms with Crippen LogP contribution in [0.1, 0.15) is 19.8 Å². The molecule has 0 rings (SSSR count). The third kappa shape index (κ3) is 12.5. The van der Waals surface area contributed by atoms with Crippen LogP contribution in [0, 0.1) is 0 Å². The summed E-state index contributed by atoms with van der Waals surface area (Å²) in [6, 6.07) is 0. The van der Waals surface area contributed by atoms with E-state index in [2.05, 4.69) is 30.4 Å². The minimum absolute atomic E-state index is 0.157. The summed E-state index contributed by atoms with van der Waals surface area (Å²) in [4.78, 5) is 23.7. The van der Waals surface area contributed by atoms with E-state index in [-0.39, 0.29) is 17.5 Å². The summed E-state index contributed by atoms with van der Waals surface area (Å²) in [5, 5.41) is 5.12. The second-order valence-corrected chi connectivity index (χ2v) is 5.79. The third-order valence-electron chi connectivity index (χ3n) is 3.05. The first-order chi connectivity index (χ1) is 13.3. The van der Waals surface area contributed by atoms with Crippen LogP contribution in [0.15, 0.2) is 84.6 Å². The highest BCUT2D eigenvalue weighted by atomic mass is 35.5. The minimum atomic E-state index is -0.763. The Labute approximate surface area is 170 Å². The molecular formula is C21H26ClFN2O3. The molecule has 0 bridgehead atoms. The quantitative estimate of drug-likeness (QED) is 0.270. The fourth-order valence-electron chi connectivity index (χ4n) is 1.66. The Bertz CT molecular complexity index is 706. The molecule has 7 heteroatoms. The molecule has 0 aromatic carbocycles. The molecule has 0 saturated heterocycles. The number of nitrogens with one attached hydrogen (secondary N) is 2. The van der Waals surface area contributed by atoms with E-state index >= 15 is 0 Å². The van der Waals surface area contributed by atoms with Crippen LogP contribution in [-0.4, -0.2) is 25.0 Å². The predicted octanol–water partition coefficient (Wildman–Crippen LogP) is 4.34. The summed E-state index contributed by atoms with van der Waals surface area (Å²) in [6.07, 6.45) is 11.9. The van der Waals surface area contributed by atoms with Gasteiger partial charge in [-0.3, -0.25) is 9.59 Å². The Kier molecular flexibility index (Phi) is 13.7. The number of carbonyl (C=O) groups excluding carboxylic acids is 2. The molecule has 0 aliphatic heterocycles. The van der Waals surface area contributed by atoms with Crippen LogP contribution in [0.2, 0.25) is 0 Å². The van der Waals surface area contributed by atoms with Gasteiger partial charge in [0.25, 0.3) is 11.8 Å². The molecule has 0 aliphatic rings. The molecule has 0 heterocycles. The van der Waals surface area contributed by atoms with Gasteiger partial charge < -0.3 is 15.4 Å². The first-order valence-corrected chi connectivity index (χ1v) is 8.93. The predicted molar refractivity (Wildman–Crippen MR) is 112 cm³/mol. The van der Waals surface area contributed by atoms with Crippen molar-refractivity contribution in [3.63, 3.8) is 0 Å². The second-order valence-electron chi connectivity index (χ2n) is 5.38. The van der Waals surface area contributed by atoms with E-state index < -0.39 is 11.7 Å². The van der Waals surface area contributed by atoms with E-state index in [1.54, 1.807) is 12.2 Å². The van der Waals surface area contributed by atoms with Gasteiger partial charge in [0.15, 0.2) is 6.61 Å². The van der Waals surface area contributed by atoms with Crippen LogP contribution in [0.3, 0.4) is 0 Å². The Morgan fingerprint density at radius 2 is 1.93 bits per heavy atom. The number of allylic oxidation sites excluding steroid dienone is 7. The normalized spacial score (nSPS) is 12.1. The van der Waals surface area contributed by atoms with Gasteiger partial charge in [0, 0.05) is 24.2 Å². The molecule has 0 spiro atoms. The van der Waals surface area contributed by atoms with E-state index in [0.717, 1.165) is 6.42 Å². The summed E-state index contributed by atoms with van der Waals surface area (Å²) in [5.74, 6) is -1.44. The summed E-state index contributed by atoms with van der Waals surface area (Å²) in [5.41, 5.74) is 0.884. The lowest BCUT2D eigenvalue weighted by molar-refractivity contribution is -0.123. The van der Waals surface area contributed by atoms with Crippen molar-refractivity contribution in [2.75, 3.05) is 13.2 Å². The maximum atomic E-state index is 12.6. The van der Waals surface area contributed by atoms with Crippen molar-refractivity contribution in [3.8, 4) is 0 Å². The third-order valence-corrected chi connectivity index (χ3v) is 3.38. The van der Waals surface area contributed by atoms with Gasteiger partial charge in [-0.1, -0.05) is 56.5 Å². The van der Waals surface area contributed by atoms with Gasteiger partial charge in [-0.25, -0.2) is 4.39 Å². The minimum Gasteiger partial charge on any atom is -0.491 e. The highest BCUT2D eigenvalue weighted by Gasteiger charge is 2.06. The van der Waals surface area contributed by atoms with Crippen molar-refractivity contribution in [2.45, 2.75) is 19.8 Å². The number of halogens is 2. The average molecular weight is 409 g/mol. The number of ether oxygens (including phenoxy) is 1. The molecule has 0 aromatic rings. The highest BCUT2D eigenvalue weighted by Crippen LogP contribution is 2.12. The van der Waals surface area contributed by atoms with Crippen LogP contribution in [0.4, 0.5) is 4.39 Å². The molecule has 0 saturated carbocycles. The molecular weight excluding hydrogens is 383 g/mol. The van der Waals surface area contributed by atoms with Crippen molar-refractivity contribution in [1.82, 2.24) is 10.6 Å². The van der Waals surface area contributed by atoms with Gasteiger partial charge in [-0.2, -0.15) is 0 Å². The van der Waals surface area contributed by atoms with Crippen LogP contribution < -0.4 is 10.6 Å². The van der Waals surface area contributed by atoms with E-state index in [4.69, 9.17) is 16.3 Å². The van der Waals surface area contributed by atoms with E-state index in [9.17, 15) is 14.0 Å². The molecule has 5 nitrogen and oxygen atoms in total. The SMILES string of the molecule is C=C/C(=C\C=C\CC)C(=O)NCCC(=C)NC(=O)CO/C=C/C=C(/Cl)C(=C)F. The van der Waals surface area contributed by atoms with E-state index in [1.807, 2.05) is 13.0 Å². The van der Waals surface area contributed by atoms with Gasteiger partial charge in [0.2, 0.25) is 0 Å². The van der Waals surface area contributed by atoms with Gasteiger partial charge in [0.05, 0.1) is 11.3 Å². The maximum absolute atomic E-state index is 12.6. The largest absolute Gasteiger partial charge is 0.491 e. The Balaban J connectivity index is 4.18. The molecule has 0 radical (unpaired) electrons. The van der Waals surface area contributed by atoms with Crippen molar-refractivity contribution in [2.24, 2.45) is 0 Å². The van der Waals surface area contributed by atoms with Crippen LogP contribution >= 0.6 is 11.6 Å². The summed E-state index contributed by atoms with van der Waals surface area (Å²) >= 11 is 5.50. The molecule has 152 valence electrons. The lowest BCUT2D eigenvalue weighted by Gasteiger charge is -2.09. The molecule has 2 N–H and O–H groups in total. The van der Waals surface area contributed by atoms with Gasteiger partial charge in [-0.15, -0.1) is 0 Å². The summed E-state index contributed by atoms with van der Waals surface area (Å²) < 4.78 is 17.6. The van der Waals surface area contributed by atoms with E-state index in [0.29, 0.717) is 24.2 Å². The Morgan fingerprint density at radius 3 is 2.54 bits per heavy atom. The first-order valence-electron chi connectivity index (χ1n) is 8.55. The van der Waals surface area contributed by atoms with Gasteiger partial charge >= 0.3 is 0 Å². The van der Waals surface area contributed by atoms with Crippen molar-refractivity contribution in [3.05, 3.63) is 84.6 Å². The topological polar surface area (TPSA) is 67.4 Å². The molecule has 0 unspecified atom stereocenters. The maximum Gasteiger partial charge on any atom is 0.261 e. The van der Waals surface area contributed by atoms with Crippen LogP contribution in [0.5, 0.6) is 0 Å². The lowest BCUT2D eigenvalue weighted by Crippen LogP contribution is -2.30. The van der Waals surface area contributed by atoms with Crippen LogP contribution in [0.25, 0.3) is 0 Å². The fraction of sp³-hybridized carbons (Fsp3) is 0.238. The number of carbonyl (C=O) groups is 2. The standard InChI is InChI=1S/C21H26ClFN2O3/c1-5-7-8-10-18(6-2)21(27)24-13-12-16(3)25-20(26)15-28-14-9-11-19(22)17(4)23/h6-11,14H,2-5,12-13,15H2,1H3,(H,24,27)(H,25,26)/b8-7+,14-9+,18-10+,19-11+. The summed E-state index contributed by atoms with van der Waals surface area (Å²) in [6.45, 7) is 12.4. The molecule has 28 heavy (non-hydrogen) atoms.